The van der Waals surface area contributed by atoms with E-state index in [-0.39, 0.29) is 29.9 Å². The number of carbonyl (C=O) groups excluding carboxylic acids is 1. The third-order valence-electron chi connectivity index (χ3n) is 7.11. The van der Waals surface area contributed by atoms with Gasteiger partial charge in [-0.25, -0.2) is 4.79 Å². The van der Waals surface area contributed by atoms with Crippen LogP contribution in [0.15, 0.2) is 0 Å². The number of unbranched alkanes of at least 4 members (excludes halogenated alkanes) is 9. The van der Waals surface area contributed by atoms with Crippen LogP contribution in [-0.2, 0) is 4.74 Å². The lowest BCUT2D eigenvalue weighted by Crippen LogP contribution is -2.64. The van der Waals surface area contributed by atoms with E-state index >= 15 is 0 Å². The van der Waals surface area contributed by atoms with Gasteiger partial charge in [-0.05, 0) is 54.0 Å². The van der Waals surface area contributed by atoms with Crippen molar-refractivity contribution in [2.45, 2.75) is 129 Å². The SMILES string of the molecule is CCCCCCCCCCCCN(C(=O)NCOC)C1CC(C)(C)N(C)C(C)(C)C1. The van der Waals surface area contributed by atoms with Crippen molar-refractivity contribution < 1.29 is 9.53 Å². The number of nitrogens with one attached hydrogen (secondary N) is 1. The minimum absolute atomic E-state index is 0.0222. The summed E-state index contributed by atoms with van der Waals surface area (Å²) in [7, 11) is 3.84. The topological polar surface area (TPSA) is 44.8 Å². The first-order valence-corrected chi connectivity index (χ1v) is 12.4. The van der Waals surface area contributed by atoms with Crippen LogP contribution in [-0.4, -0.2) is 60.4 Å². The number of ether oxygens (including phenoxy) is 1. The van der Waals surface area contributed by atoms with Gasteiger partial charge >= 0.3 is 6.03 Å². The molecule has 2 amide bonds. The molecule has 0 unspecified atom stereocenters. The Bertz CT molecular complexity index is 461. The molecule has 0 aromatic rings. The molecule has 5 nitrogen and oxygen atoms in total. The smallest absolute Gasteiger partial charge is 0.319 e. The number of amides is 2. The van der Waals surface area contributed by atoms with Crippen LogP contribution in [0.1, 0.15) is 112 Å². The summed E-state index contributed by atoms with van der Waals surface area (Å²) in [6.45, 7) is 12.6. The average Bonchev–Trinajstić information content (AvgIpc) is 2.68. The van der Waals surface area contributed by atoms with Crippen LogP contribution in [0, 0.1) is 0 Å². The molecule has 1 fully saturated rings. The number of hydrogen-bond acceptors (Lipinski definition) is 3. The van der Waals surface area contributed by atoms with Crippen molar-refractivity contribution in [2.24, 2.45) is 0 Å². The van der Waals surface area contributed by atoms with Crippen LogP contribution in [0.4, 0.5) is 4.79 Å². The van der Waals surface area contributed by atoms with Crippen LogP contribution in [0.5, 0.6) is 0 Å². The molecule has 0 aromatic heterocycles. The lowest BCUT2D eigenvalue weighted by molar-refractivity contribution is -0.0393. The van der Waals surface area contributed by atoms with E-state index in [1.165, 1.54) is 57.8 Å². The van der Waals surface area contributed by atoms with Crippen LogP contribution in [0.25, 0.3) is 0 Å². The zero-order valence-electron chi connectivity index (χ0n) is 21.2. The predicted molar refractivity (Wildman–Crippen MR) is 128 cm³/mol. The summed E-state index contributed by atoms with van der Waals surface area (Å²) in [5.74, 6) is 0. The second-order valence-corrected chi connectivity index (χ2v) is 10.5. The standard InChI is InChI=1S/C25H51N3O2/c1-8-9-10-11-12-13-14-15-16-17-18-28(23(29)26-21-30-7)22-19-24(2,3)27(6)25(4,5)20-22/h22H,8-21H2,1-7H3,(H,26,29). The fourth-order valence-corrected chi connectivity index (χ4v) is 4.99. The van der Waals surface area contributed by atoms with Crippen molar-refractivity contribution in [2.75, 3.05) is 27.4 Å². The monoisotopic (exact) mass is 425 g/mol. The molecule has 5 heteroatoms. The van der Waals surface area contributed by atoms with Crippen LogP contribution in [0.2, 0.25) is 0 Å². The number of hydrogen-bond donors (Lipinski definition) is 1. The second-order valence-electron chi connectivity index (χ2n) is 10.5. The maximum atomic E-state index is 12.9. The molecule has 0 radical (unpaired) electrons. The molecule has 1 saturated heterocycles. The van der Waals surface area contributed by atoms with E-state index in [1.807, 2.05) is 0 Å². The van der Waals surface area contributed by atoms with Crippen molar-refractivity contribution in [1.29, 1.82) is 0 Å². The third kappa shape index (κ3) is 9.13. The van der Waals surface area contributed by atoms with Gasteiger partial charge in [-0.2, -0.15) is 0 Å². The molecular weight excluding hydrogens is 374 g/mol. The lowest BCUT2D eigenvalue weighted by atomic mass is 9.77. The quantitative estimate of drug-likeness (QED) is 0.267. The van der Waals surface area contributed by atoms with E-state index in [2.05, 4.69) is 56.8 Å². The number of rotatable bonds is 14. The highest BCUT2D eigenvalue weighted by molar-refractivity contribution is 5.74. The molecule has 0 spiro atoms. The van der Waals surface area contributed by atoms with Gasteiger partial charge in [0.05, 0.1) is 0 Å². The van der Waals surface area contributed by atoms with Gasteiger partial charge in [-0.3, -0.25) is 4.90 Å². The summed E-state index contributed by atoms with van der Waals surface area (Å²) in [5.41, 5.74) is 0.147. The maximum Gasteiger partial charge on any atom is 0.319 e. The van der Waals surface area contributed by atoms with E-state index in [9.17, 15) is 4.79 Å². The highest BCUT2D eigenvalue weighted by atomic mass is 16.5. The Kier molecular flexibility index (Phi) is 12.3. The van der Waals surface area contributed by atoms with Gasteiger partial charge in [0.2, 0.25) is 0 Å². The Morgan fingerprint density at radius 1 is 0.933 bits per heavy atom. The van der Waals surface area contributed by atoms with Gasteiger partial charge < -0.3 is 15.0 Å². The molecule has 1 aliphatic rings. The first-order chi connectivity index (χ1) is 14.2. The van der Waals surface area contributed by atoms with Crippen molar-refractivity contribution >= 4 is 6.03 Å². The number of nitrogens with zero attached hydrogens (tertiary/aromatic N) is 2. The molecular formula is C25H51N3O2. The van der Waals surface area contributed by atoms with Gasteiger partial charge in [0.1, 0.15) is 6.73 Å². The number of methoxy groups -OCH3 is 1. The molecule has 178 valence electrons. The van der Waals surface area contributed by atoms with Crippen molar-refractivity contribution in [3.8, 4) is 0 Å². The van der Waals surface area contributed by atoms with E-state index in [0.29, 0.717) is 0 Å². The van der Waals surface area contributed by atoms with Crippen molar-refractivity contribution in [3.63, 3.8) is 0 Å². The van der Waals surface area contributed by atoms with Crippen LogP contribution in [0.3, 0.4) is 0 Å². The van der Waals surface area contributed by atoms with Gasteiger partial charge in [0, 0.05) is 30.8 Å². The lowest BCUT2D eigenvalue weighted by Gasteiger charge is -2.55. The third-order valence-corrected chi connectivity index (χ3v) is 7.11. The zero-order chi connectivity index (χ0) is 22.6. The molecule has 1 rings (SSSR count). The molecule has 1 aliphatic heterocycles. The average molecular weight is 426 g/mol. The maximum absolute atomic E-state index is 12.9. The fourth-order valence-electron chi connectivity index (χ4n) is 4.99. The van der Waals surface area contributed by atoms with Crippen LogP contribution >= 0.6 is 0 Å². The normalized spacial score (nSPS) is 19.0. The highest BCUT2D eigenvalue weighted by Gasteiger charge is 2.45. The molecule has 0 saturated carbocycles. The zero-order valence-corrected chi connectivity index (χ0v) is 21.2. The summed E-state index contributed by atoms with van der Waals surface area (Å²) in [6, 6.07) is 0.288. The second kappa shape index (κ2) is 13.6. The summed E-state index contributed by atoms with van der Waals surface area (Å²) < 4.78 is 5.09. The van der Waals surface area contributed by atoms with Gasteiger partial charge in [-0.1, -0.05) is 64.7 Å². The Hall–Kier alpha value is -0.810. The minimum atomic E-state index is 0.0222. The van der Waals surface area contributed by atoms with Gasteiger partial charge in [0.15, 0.2) is 0 Å². The summed E-state index contributed by atoms with van der Waals surface area (Å²) in [4.78, 5) is 17.5. The number of piperidine rings is 1. The number of carbonyl (C=O) groups is 1. The van der Waals surface area contributed by atoms with Crippen LogP contribution < -0.4 is 5.32 Å². The first kappa shape index (κ1) is 27.2. The van der Waals surface area contributed by atoms with E-state index in [1.54, 1.807) is 7.11 Å². The van der Waals surface area contributed by atoms with E-state index in [0.717, 1.165) is 25.8 Å². The van der Waals surface area contributed by atoms with Gasteiger partial charge in [-0.15, -0.1) is 0 Å². The van der Waals surface area contributed by atoms with Gasteiger partial charge in [0.25, 0.3) is 0 Å². The fraction of sp³-hybridized carbons (Fsp3) is 0.960. The Morgan fingerprint density at radius 3 is 1.87 bits per heavy atom. The Balaban J connectivity index is 2.52. The summed E-state index contributed by atoms with van der Waals surface area (Å²) in [5, 5.41) is 2.93. The molecule has 0 aliphatic carbocycles. The molecule has 30 heavy (non-hydrogen) atoms. The van der Waals surface area contributed by atoms with E-state index in [4.69, 9.17) is 4.74 Å². The van der Waals surface area contributed by atoms with E-state index < -0.39 is 0 Å². The summed E-state index contributed by atoms with van der Waals surface area (Å²) in [6.07, 6.45) is 15.1. The minimum Gasteiger partial charge on any atom is -0.364 e. The van der Waals surface area contributed by atoms with Crippen molar-refractivity contribution in [3.05, 3.63) is 0 Å². The number of urea groups is 1. The predicted octanol–water partition coefficient (Wildman–Crippen LogP) is 6.17. The first-order valence-electron chi connectivity index (χ1n) is 12.4. The molecule has 0 atom stereocenters. The van der Waals surface area contributed by atoms with Crippen molar-refractivity contribution in [1.82, 2.24) is 15.1 Å². The largest absolute Gasteiger partial charge is 0.364 e. The molecule has 0 bridgehead atoms. The number of likely N-dealkylation sites (tertiary alicyclic amines) is 1. The Labute approximate surface area is 187 Å². The molecule has 1 heterocycles. The molecule has 1 N–H and O–H groups in total. The Morgan fingerprint density at radius 2 is 1.40 bits per heavy atom. The summed E-state index contributed by atoms with van der Waals surface area (Å²) >= 11 is 0. The molecule has 0 aromatic carbocycles. The highest BCUT2D eigenvalue weighted by Crippen LogP contribution is 2.39.